The topological polar surface area (TPSA) is 59.1 Å². The van der Waals surface area contributed by atoms with Gasteiger partial charge in [-0.2, -0.15) is 0 Å². The fourth-order valence-electron chi connectivity index (χ4n) is 0.989. The van der Waals surface area contributed by atoms with Crippen molar-refractivity contribution in [2.45, 2.75) is 24.3 Å². The summed E-state index contributed by atoms with van der Waals surface area (Å²) in [7, 11) is -3.74. The Balaban J connectivity index is 3.04. The molecule has 0 amide bonds. The molecular weight excluding hydrogens is 299 g/mol. The lowest BCUT2D eigenvalue weighted by Crippen LogP contribution is -2.44. The first-order valence-electron chi connectivity index (χ1n) is 4.47. The van der Waals surface area contributed by atoms with Crippen LogP contribution in [-0.4, -0.2) is 24.3 Å². The van der Waals surface area contributed by atoms with Crippen molar-refractivity contribution in [2.75, 3.05) is 5.33 Å². The molecule has 0 spiro atoms. The largest absolute Gasteiger partial charge is 0.260 e. The van der Waals surface area contributed by atoms with Gasteiger partial charge in [0, 0.05) is 17.1 Å². The minimum absolute atomic E-state index is 0.179. The number of nitrogens with one attached hydrogen (secondary N) is 1. The van der Waals surface area contributed by atoms with Crippen LogP contribution in [0.5, 0.6) is 0 Å². The Hall–Kier alpha value is -0.530. The molecule has 0 aliphatic carbocycles. The average molecular weight is 311 g/mol. The highest BCUT2D eigenvalue weighted by molar-refractivity contribution is 9.09. The highest BCUT2D eigenvalue weighted by Crippen LogP contribution is 2.14. The summed E-state index contributed by atoms with van der Waals surface area (Å²) >= 11 is 3.19. The summed E-state index contributed by atoms with van der Waals surface area (Å²) in [6.45, 7) is 3.43. The molecule has 1 rings (SSSR count). The van der Waals surface area contributed by atoms with Crippen molar-refractivity contribution in [1.29, 1.82) is 0 Å². The van der Waals surface area contributed by atoms with Gasteiger partial charge in [-0.3, -0.25) is 4.98 Å². The Labute approximate surface area is 102 Å². The Morgan fingerprint density at radius 1 is 1.50 bits per heavy atom. The number of aromatic nitrogens is 1. The van der Waals surface area contributed by atoms with Crippen molar-refractivity contribution >= 4 is 26.0 Å². The minimum atomic E-state index is -3.74. The third kappa shape index (κ3) is 3.50. The van der Waals surface area contributed by atoms with Crippen LogP contribution in [-0.2, 0) is 10.0 Å². The molecular formula is C9H12BrFN2O2S. The molecule has 0 unspecified atom stereocenters. The number of hydrogen-bond donors (Lipinski definition) is 1. The first kappa shape index (κ1) is 13.5. The molecule has 0 radical (unpaired) electrons. The molecule has 1 N–H and O–H groups in total. The summed E-state index contributed by atoms with van der Waals surface area (Å²) in [5, 5.41) is 0.446. The van der Waals surface area contributed by atoms with Gasteiger partial charge in [0.1, 0.15) is 10.7 Å². The van der Waals surface area contributed by atoms with Crippen molar-refractivity contribution in [1.82, 2.24) is 9.71 Å². The second-order valence-electron chi connectivity index (χ2n) is 3.96. The summed E-state index contributed by atoms with van der Waals surface area (Å²) in [6, 6.07) is 0.930. The number of rotatable bonds is 4. The standard InChI is InChI=1S/C9H12BrFN2O2S/c1-9(2,6-10)13-16(14,15)8-3-7(11)4-12-5-8/h3-5,13H,6H2,1-2H3. The molecule has 0 saturated heterocycles. The van der Waals surface area contributed by atoms with Crippen LogP contribution in [0.4, 0.5) is 4.39 Å². The van der Waals surface area contributed by atoms with Gasteiger partial charge in [0.05, 0.1) is 6.20 Å². The van der Waals surface area contributed by atoms with Gasteiger partial charge >= 0.3 is 0 Å². The van der Waals surface area contributed by atoms with Crippen molar-refractivity contribution < 1.29 is 12.8 Å². The molecule has 0 atom stereocenters. The van der Waals surface area contributed by atoms with Gasteiger partial charge in [0.2, 0.25) is 10.0 Å². The molecule has 1 aromatic heterocycles. The van der Waals surface area contributed by atoms with Gasteiger partial charge in [0.25, 0.3) is 0 Å². The molecule has 1 aromatic rings. The minimum Gasteiger partial charge on any atom is -0.260 e. The van der Waals surface area contributed by atoms with E-state index in [1.54, 1.807) is 13.8 Å². The maximum atomic E-state index is 12.8. The predicted octanol–water partition coefficient (Wildman–Crippen LogP) is 1.67. The maximum absolute atomic E-state index is 12.8. The Kier molecular flexibility index (Phi) is 4.03. The van der Waals surface area contributed by atoms with Crippen LogP contribution in [0.2, 0.25) is 0 Å². The van der Waals surface area contributed by atoms with Gasteiger partial charge in [-0.25, -0.2) is 17.5 Å². The second-order valence-corrected chi connectivity index (χ2v) is 6.21. The number of sulfonamides is 1. The molecule has 0 saturated carbocycles. The smallest absolute Gasteiger partial charge is 0.242 e. The lowest BCUT2D eigenvalue weighted by molar-refractivity contribution is 0.499. The first-order chi connectivity index (χ1) is 7.27. The molecule has 0 aliphatic heterocycles. The molecule has 1 heterocycles. The van der Waals surface area contributed by atoms with E-state index >= 15 is 0 Å². The molecule has 7 heteroatoms. The van der Waals surface area contributed by atoms with E-state index in [1.165, 1.54) is 0 Å². The number of nitrogens with zero attached hydrogens (tertiary/aromatic N) is 1. The van der Waals surface area contributed by atoms with E-state index in [4.69, 9.17) is 0 Å². The molecule has 0 aromatic carbocycles. The van der Waals surface area contributed by atoms with Gasteiger partial charge in [-0.05, 0) is 19.9 Å². The Bertz CT molecular complexity index is 476. The number of pyridine rings is 1. The molecule has 0 fully saturated rings. The molecule has 16 heavy (non-hydrogen) atoms. The number of hydrogen-bond acceptors (Lipinski definition) is 3. The van der Waals surface area contributed by atoms with Crippen LogP contribution in [0, 0.1) is 5.82 Å². The zero-order valence-electron chi connectivity index (χ0n) is 8.87. The van der Waals surface area contributed by atoms with Crippen LogP contribution in [0.3, 0.4) is 0 Å². The molecule has 0 aliphatic rings. The van der Waals surface area contributed by atoms with Crippen molar-refractivity contribution in [3.05, 3.63) is 24.3 Å². The lowest BCUT2D eigenvalue weighted by atomic mass is 10.1. The van der Waals surface area contributed by atoms with Gasteiger partial charge in [-0.1, -0.05) is 15.9 Å². The van der Waals surface area contributed by atoms with Crippen LogP contribution >= 0.6 is 15.9 Å². The van der Waals surface area contributed by atoms with Crippen LogP contribution < -0.4 is 4.72 Å². The Morgan fingerprint density at radius 2 is 2.12 bits per heavy atom. The fraction of sp³-hybridized carbons (Fsp3) is 0.444. The summed E-state index contributed by atoms with van der Waals surface area (Å²) in [5.74, 6) is -0.681. The molecule has 4 nitrogen and oxygen atoms in total. The van der Waals surface area contributed by atoms with Gasteiger partial charge < -0.3 is 0 Å². The van der Waals surface area contributed by atoms with Crippen molar-refractivity contribution in [3.8, 4) is 0 Å². The average Bonchev–Trinajstić information content (AvgIpc) is 2.16. The van der Waals surface area contributed by atoms with E-state index < -0.39 is 21.4 Å². The van der Waals surface area contributed by atoms with E-state index in [0.717, 1.165) is 18.5 Å². The van der Waals surface area contributed by atoms with Crippen molar-refractivity contribution in [3.63, 3.8) is 0 Å². The van der Waals surface area contributed by atoms with E-state index in [0.29, 0.717) is 5.33 Å². The highest BCUT2D eigenvalue weighted by Gasteiger charge is 2.25. The van der Waals surface area contributed by atoms with E-state index in [9.17, 15) is 12.8 Å². The normalized spacial score (nSPS) is 12.8. The molecule has 90 valence electrons. The quantitative estimate of drug-likeness (QED) is 0.861. The Morgan fingerprint density at radius 3 is 2.62 bits per heavy atom. The highest BCUT2D eigenvalue weighted by atomic mass is 79.9. The summed E-state index contributed by atoms with van der Waals surface area (Å²) in [6.07, 6.45) is 2.06. The fourth-order valence-corrected chi connectivity index (χ4v) is 2.70. The first-order valence-corrected chi connectivity index (χ1v) is 7.08. The van der Waals surface area contributed by atoms with Gasteiger partial charge in [0.15, 0.2) is 0 Å². The second kappa shape index (κ2) is 4.77. The monoisotopic (exact) mass is 310 g/mol. The number of halogens is 2. The summed E-state index contributed by atoms with van der Waals surface area (Å²) in [4.78, 5) is 3.32. The van der Waals surface area contributed by atoms with E-state index in [-0.39, 0.29) is 4.90 Å². The van der Waals surface area contributed by atoms with Crippen LogP contribution in [0.15, 0.2) is 23.4 Å². The third-order valence-electron chi connectivity index (χ3n) is 1.73. The summed E-state index contributed by atoms with van der Waals surface area (Å²) in [5.41, 5.74) is -0.648. The van der Waals surface area contributed by atoms with Crippen molar-refractivity contribution in [2.24, 2.45) is 0 Å². The zero-order chi connectivity index (χ0) is 12.4. The molecule has 0 bridgehead atoms. The lowest BCUT2D eigenvalue weighted by Gasteiger charge is -2.23. The zero-order valence-corrected chi connectivity index (χ0v) is 11.3. The maximum Gasteiger partial charge on any atom is 0.242 e. The van der Waals surface area contributed by atoms with Gasteiger partial charge in [-0.15, -0.1) is 0 Å². The predicted molar refractivity (Wildman–Crippen MR) is 62.4 cm³/mol. The summed E-state index contributed by atoms with van der Waals surface area (Å²) < 4.78 is 38.9. The van der Waals surface area contributed by atoms with Crippen LogP contribution in [0.25, 0.3) is 0 Å². The van der Waals surface area contributed by atoms with E-state index in [1.807, 2.05) is 0 Å². The van der Waals surface area contributed by atoms with E-state index in [2.05, 4.69) is 25.6 Å². The van der Waals surface area contributed by atoms with Crippen LogP contribution in [0.1, 0.15) is 13.8 Å². The SMILES string of the molecule is CC(C)(CBr)NS(=O)(=O)c1cncc(F)c1. The third-order valence-corrected chi connectivity index (χ3v) is 4.80. The number of alkyl halides is 1.